The lowest BCUT2D eigenvalue weighted by Crippen LogP contribution is -2.28. The summed E-state index contributed by atoms with van der Waals surface area (Å²) in [5.74, 6) is 1.53. The molecule has 0 amide bonds. The van der Waals surface area contributed by atoms with Crippen LogP contribution >= 0.6 is 0 Å². The molecule has 0 saturated carbocycles. The number of rotatable bonds is 1. The second kappa shape index (κ2) is 5.69. The Hall–Kier alpha value is -3.15. The van der Waals surface area contributed by atoms with Crippen LogP contribution in [0.5, 0.6) is 0 Å². The molecule has 130 valence electrons. The van der Waals surface area contributed by atoms with E-state index in [-0.39, 0.29) is 0 Å². The number of oxazole rings is 2. The van der Waals surface area contributed by atoms with Crippen molar-refractivity contribution in [2.24, 2.45) is 7.05 Å². The van der Waals surface area contributed by atoms with Crippen molar-refractivity contribution in [3.8, 4) is 0 Å². The molecule has 1 aliphatic heterocycles. The Kier molecular flexibility index (Phi) is 3.31. The predicted octanol–water partition coefficient (Wildman–Crippen LogP) is 1.80. The van der Waals surface area contributed by atoms with Crippen molar-refractivity contribution in [2.45, 2.75) is 19.3 Å². The van der Waals surface area contributed by atoms with E-state index in [2.05, 4.69) is 16.0 Å². The summed E-state index contributed by atoms with van der Waals surface area (Å²) in [5, 5.41) is 0. The summed E-state index contributed by atoms with van der Waals surface area (Å²) in [6, 6.07) is 3.91. The van der Waals surface area contributed by atoms with Gasteiger partial charge in [-0.25, -0.2) is 4.57 Å². The van der Waals surface area contributed by atoms with Crippen molar-refractivity contribution >= 4 is 34.3 Å². The van der Waals surface area contributed by atoms with E-state index in [4.69, 9.17) is 8.83 Å². The molecular weight excluding hydrogens is 328 g/mol. The molecule has 2 aliphatic rings. The molecule has 0 saturated heterocycles. The Bertz CT molecular complexity index is 1200. The topological polar surface area (TPSA) is 59.2 Å². The van der Waals surface area contributed by atoms with Gasteiger partial charge in [-0.2, -0.15) is 4.98 Å². The lowest BCUT2D eigenvalue weighted by molar-refractivity contribution is -0.646. The molecule has 1 aliphatic carbocycles. The van der Waals surface area contributed by atoms with Crippen LogP contribution in [-0.4, -0.2) is 17.0 Å². The highest BCUT2D eigenvalue weighted by molar-refractivity contribution is 5.77. The largest absolute Gasteiger partial charge is 0.435 e. The lowest BCUT2D eigenvalue weighted by Gasteiger charge is -2.10. The maximum absolute atomic E-state index is 5.98. The van der Waals surface area contributed by atoms with Crippen molar-refractivity contribution in [3.63, 3.8) is 0 Å². The number of pyridine rings is 1. The molecule has 0 fully saturated rings. The molecule has 26 heavy (non-hydrogen) atoms. The Labute approximate surface area is 150 Å². The van der Waals surface area contributed by atoms with Gasteiger partial charge in [-0.05, 0) is 49.6 Å². The first-order chi connectivity index (χ1) is 12.7. The summed E-state index contributed by atoms with van der Waals surface area (Å²) in [7, 11) is 3.94. The second-order valence-corrected chi connectivity index (χ2v) is 6.70. The van der Waals surface area contributed by atoms with Gasteiger partial charge in [0.25, 0.3) is 0 Å². The monoisotopic (exact) mass is 347 g/mol. The van der Waals surface area contributed by atoms with E-state index >= 15 is 0 Å². The van der Waals surface area contributed by atoms with Crippen LogP contribution in [0, 0.1) is 0 Å². The molecule has 0 spiro atoms. The zero-order chi connectivity index (χ0) is 17.7. The van der Waals surface area contributed by atoms with Crippen molar-refractivity contribution in [1.82, 2.24) is 9.97 Å². The van der Waals surface area contributed by atoms with E-state index < -0.39 is 0 Å². The van der Waals surface area contributed by atoms with Gasteiger partial charge in [0.15, 0.2) is 11.2 Å². The minimum absolute atomic E-state index is 0.681. The minimum atomic E-state index is 0.681. The average Bonchev–Trinajstić information content (AvgIpc) is 3.28. The van der Waals surface area contributed by atoms with Gasteiger partial charge < -0.3 is 13.7 Å². The summed E-state index contributed by atoms with van der Waals surface area (Å²) in [4.78, 5) is 11.3. The molecule has 0 atom stereocenters. The van der Waals surface area contributed by atoms with Crippen molar-refractivity contribution in [1.29, 1.82) is 0 Å². The summed E-state index contributed by atoms with van der Waals surface area (Å²) >= 11 is 0. The average molecular weight is 347 g/mol. The third kappa shape index (κ3) is 2.37. The highest BCUT2D eigenvalue weighted by atomic mass is 16.4. The first-order valence-corrected chi connectivity index (χ1v) is 8.76. The quantitative estimate of drug-likeness (QED) is 0.628. The van der Waals surface area contributed by atoms with Crippen LogP contribution in [0.25, 0.3) is 28.5 Å². The van der Waals surface area contributed by atoms with Gasteiger partial charge in [0.05, 0.1) is 13.2 Å². The standard InChI is InChI=1S/C20H19N4O2/c1-23-10-4-8-15-17(23)21-19(25-15)13-6-3-7-14(12-13)20-22-18-16(26-20)9-5-11-24(18)2/h4-5,8-12H,3,6-7H2,1-2H3/q+1. The van der Waals surface area contributed by atoms with E-state index in [1.807, 2.05) is 60.2 Å². The van der Waals surface area contributed by atoms with Crippen LogP contribution < -0.4 is 20.4 Å². The second-order valence-electron chi connectivity index (χ2n) is 6.70. The van der Waals surface area contributed by atoms with Crippen molar-refractivity contribution in [2.75, 3.05) is 11.9 Å². The summed E-state index contributed by atoms with van der Waals surface area (Å²) in [6.45, 7) is 0. The highest BCUT2D eigenvalue weighted by Gasteiger charge is 2.23. The molecule has 6 nitrogen and oxygen atoms in total. The number of aromatic nitrogens is 3. The van der Waals surface area contributed by atoms with Crippen LogP contribution in [0.4, 0.5) is 5.82 Å². The van der Waals surface area contributed by atoms with Crippen LogP contribution in [-0.2, 0) is 7.05 Å². The first kappa shape index (κ1) is 15.1. The van der Waals surface area contributed by atoms with Gasteiger partial charge >= 0.3 is 11.5 Å². The number of nitrogens with zero attached hydrogens (tertiary/aromatic N) is 4. The summed E-state index contributed by atoms with van der Waals surface area (Å²) in [6.07, 6.45) is 12.9. The lowest BCUT2D eigenvalue weighted by atomic mass is 9.96. The van der Waals surface area contributed by atoms with E-state index in [1.165, 1.54) is 0 Å². The van der Waals surface area contributed by atoms with Crippen molar-refractivity contribution in [3.05, 3.63) is 53.5 Å². The molecular formula is C20H19N4O2+. The Morgan fingerprint density at radius 2 is 2.12 bits per heavy atom. The number of hydrogen-bond donors (Lipinski definition) is 0. The number of aryl methyl sites for hydroxylation is 1. The fourth-order valence-corrected chi connectivity index (χ4v) is 3.47. The van der Waals surface area contributed by atoms with Crippen molar-refractivity contribution < 1.29 is 13.4 Å². The van der Waals surface area contributed by atoms with Crippen LogP contribution in [0.3, 0.4) is 0 Å². The number of allylic oxidation sites excluding steroid dienone is 3. The van der Waals surface area contributed by atoms with Gasteiger partial charge in [0.1, 0.15) is 0 Å². The molecule has 0 unspecified atom stereocenters. The Morgan fingerprint density at radius 3 is 2.96 bits per heavy atom. The SMILES string of the molecule is CN1C=CC=c2o/c(=C3\C=C(c4nc5c(ccc[n+]5C)o4)CCC3)nc21. The Morgan fingerprint density at radius 1 is 1.19 bits per heavy atom. The van der Waals surface area contributed by atoms with E-state index in [9.17, 15) is 0 Å². The minimum Gasteiger partial charge on any atom is -0.435 e. The molecule has 4 heterocycles. The summed E-state index contributed by atoms with van der Waals surface area (Å²) < 4.78 is 13.9. The van der Waals surface area contributed by atoms with E-state index in [0.717, 1.165) is 52.9 Å². The van der Waals surface area contributed by atoms with E-state index in [1.54, 1.807) is 0 Å². The normalized spacial score (nSPS) is 18.7. The molecule has 6 heteroatoms. The molecule has 3 aromatic heterocycles. The molecule has 0 aromatic carbocycles. The third-order valence-electron chi connectivity index (χ3n) is 4.84. The third-order valence-corrected chi connectivity index (χ3v) is 4.84. The zero-order valence-corrected chi connectivity index (χ0v) is 14.8. The molecule has 0 bridgehead atoms. The molecule has 3 aromatic rings. The van der Waals surface area contributed by atoms with Crippen LogP contribution in [0.2, 0.25) is 0 Å². The Balaban J connectivity index is 1.63. The number of hydrogen-bond acceptors (Lipinski definition) is 5. The molecule has 5 rings (SSSR count). The van der Waals surface area contributed by atoms with Gasteiger partial charge in [0, 0.05) is 29.4 Å². The first-order valence-electron chi connectivity index (χ1n) is 8.76. The van der Waals surface area contributed by atoms with Gasteiger partial charge in [-0.3, -0.25) is 0 Å². The maximum atomic E-state index is 5.98. The smallest absolute Gasteiger partial charge is 0.370 e. The fourth-order valence-electron chi connectivity index (χ4n) is 3.47. The van der Waals surface area contributed by atoms with Gasteiger partial charge in [-0.1, -0.05) is 0 Å². The zero-order valence-electron chi connectivity index (χ0n) is 14.8. The van der Waals surface area contributed by atoms with Crippen LogP contribution in [0.1, 0.15) is 25.2 Å². The van der Waals surface area contributed by atoms with Gasteiger partial charge in [-0.15, -0.1) is 0 Å². The predicted molar refractivity (Wildman–Crippen MR) is 98.2 cm³/mol. The number of anilines is 1. The van der Waals surface area contributed by atoms with Gasteiger partial charge in [0.2, 0.25) is 11.1 Å². The van der Waals surface area contributed by atoms with E-state index in [0.29, 0.717) is 11.4 Å². The fraction of sp³-hybridized carbons (Fsp3) is 0.250. The highest BCUT2D eigenvalue weighted by Crippen LogP contribution is 2.30. The molecule has 0 radical (unpaired) electrons. The van der Waals surface area contributed by atoms with Crippen LogP contribution in [0.15, 0.2) is 45.5 Å². The number of fused-ring (bicyclic) bond motifs is 2. The molecule has 0 N–H and O–H groups in total. The summed E-state index contributed by atoms with van der Waals surface area (Å²) in [5.41, 5.74) is 5.31. The maximum Gasteiger partial charge on any atom is 0.370 e.